The average molecular weight is 370 g/mol. The summed E-state index contributed by atoms with van der Waals surface area (Å²) in [5, 5.41) is 12.4. The summed E-state index contributed by atoms with van der Waals surface area (Å²) in [6, 6.07) is 12.8. The van der Waals surface area contributed by atoms with E-state index < -0.39 is 11.6 Å². The van der Waals surface area contributed by atoms with Gasteiger partial charge in [-0.3, -0.25) is 4.79 Å². The highest BCUT2D eigenvalue weighted by molar-refractivity contribution is 5.79. The third-order valence-corrected chi connectivity index (χ3v) is 3.77. The van der Waals surface area contributed by atoms with Crippen LogP contribution < -0.4 is 10.1 Å². The number of halogens is 2. The van der Waals surface area contributed by atoms with Crippen LogP contribution in [0.25, 0.3) is 0 Å². The van der Waals surface area contributed by atoms with Crippen LogP contribution in [0.1, 0.15) is 11.1 Å². The van der Waals surface area contributed by atoms with Gasteiger partial charge in [-0.15, -0.1) is 0 Å². The van der Waals surface area contributed by atoms with Crippen LogP contribution >= 0.6 is 0 Å². The number of hydrogen-bond donors (Lipinski definition) is 2. The van der Waals surface area contributed by atoms with Gasteiger partial charge in [-0.2, -0.15) is 0 Å². The number of ether oxygens (including phenoxy) is 1. The van der Waals surface area contributed by atoms with Gasteiger partial charge in [0.05, 0.1) is 6.42 Å². The third kappa shape index (κ3) is 4.78. The summed E-state index contributed by atoms with van der Waals surface area (Å²) in [6.07, 6.45) is 1.47. The van der Waals surface area contributed by atoms with E-state index in [9.17, 15) is 18.7 Å². The number of benzene rings is 2. The second kappa shape index (κ2) is 8.27. The van der Waals surface area contributed by atoms with Crippen LogP contribution in [-0.4, -0.2) is 16.0 Å². The number of nitrogens with zero attached hydrogens (tertiary/aromatic N) is 1. The van der Waals surface area contributed by atoms with E-state index >= 15 is 0 Å². The molecule has 5 nitrogen and oxygen atoms in total. The number of aromatic nitrogens is 1. The number of carbonyl (C=O) groups excluding carboxylic acids is 1. The van der Waals surface area contributed by atoms with Crippen molar-refractivity contribution in [2.24, 2.45) is 0 Å². The summed E-state index contributed by atoms with van der Waals surface area (Å²) < 4.78 is 32.2. The molecule has 0 saturated heterocycles. The lowest BCUT2D eigenvalue weighted by atomic mass is 10.1. The smallest absolute Gasteiger partial charge is 0.224 e. The van der Waals surface area contributed by atoms with E-state index in [1.807, 2.05) is 0 Å². The Morgan fingerprint density at radius 2 is 1.85 bits per heavy atom. The second-order valence-corrected chi connectivity index (χ2v) is 5.73. The number of phenols is 1. The van der Waals surface area contributed by atoms with Gasteiger partial charge < -0.3 is 15.2 Å². The van der Waals surface area contributed by atoms with E-state index in [4.69, 9.17) is 4.74 Å². The Balaban J connectivity index is 1.67. The van der Waals surface area contributed by atoms with Crippen LogP contribution in [0.5, 0.6) is 17.4 Å². The summed E-state index contributed by atoms with van der Waals surface area (Å²) in [7, 11) is 0. The van der Waals surface area contributed by atoms with Gasteiger partial charge in [-0.1, -0.05) is 24.3 Å². The molecule has 0 radical (unpaired) electrons. The van der Waals surface area contributed by atoms with Crippen molar-refractivity contribution in [2.45, 2.75) is 13.0 Å². The quantitative estimate of drug-likeness (QED) is 0.694. The van der Waals surface area contributed by atoms with Gasteiger partial charge in [-0.25, -0.2) is 13.8 Å². The van der Waals surface area contributed by atoms with Crippen LogP contribution in [-0.2, 0) is 17.8 Å². The SMILES string of the molecule is O=C(Cc1ccccc1O)NCc1cccnc1Oc1ccc(F)cc1F. The molecule has 0 aliphatic rings. The maximum Gasteiger partial charge on any atom is 0.224 e. The van der Waals surface area contributed by atoms with Crippen molar-refractivity contribution in [1.82, 2.24) is 10.3 Å². The fraction of sp³-hybridized carbons (Fsp3) is 0.100. The number of carbonyl (C=O) groups is 1. The number of nitrogens with one attached hydrogen (secondary N) is 1. The highest BCUT2D eigenvalue weighted by Gasteiger charge is 2.12. The van der Waals surface area contributed by atoms with Crippen LogP contribution in [0.4, 0.5) is 8.78 Å². The molecule has 0 unspecified atom stereocenters. The minimum atomic E-state index is -0.852. The molecule has 27 heavy (non-hydrogen) atoms. The summed E-state index contributed by atoms with van der Waals surface area (Å²) in [5.41, 5.74) is 1.03. The maximum atomic E-state index is 13.8. The minimum absolute atomic E-state index is 0.00964. The third-order valence-electron chi connectivity index (χ3n) is 3.77. The summed E-state index contributed by atoms with van der Waals surface area (Å²) in [4.78, 5) is 16.2. The first kappa shape index (κ1) is 18.3. The zero-order valence-corrected chi connectivity index (χ0v) is 14.2. The molecule has 0 aliphatic heterocycles. The van der Waals surface area contributed by atoms with Gasteiger partial charge in [0.15, 0.2) is 11.6 Å². The molecule has 1 aromatic heterocycles. The first-order valence-electron chi connectivity index (χ1n) is 8.13. The Labute approximate surface area is 154 Å². The number of hydrogen-bond acceptors (Lipinski definition) is 4. The Kier molecular flexibility index (Phi) is 5.61. The van der Waals surface area contributed by atoms with Crippen molar-refractivity contribution in [3.8, 4) is 17.4 Å². The monoisotopic (exact) mass is 370 g/mol. The summed E-state index contributed by atoms with van der Waals surface area (Å²) in [6.45, 7) is 0.0957. The van der Waals surface area contributed by atoms with E-state index in [1.54, 1.807) is 30.3 Å². The second-order valence-electron chi connectivity index (χ2n) is 5.73. The summed E-state index contributed by atoms with van der Waals surface area (Å²) >= 11 is 0. The molecule has 1 amide bonds. The highest BCUT2D eigenvalue weighted by Crippen LogP contribution is 2.26. The van der Waals surface area contributed by atoms with Crippen molar-refractivity contribution in [1.29, 1.82) is 0 Å². The van der Waals surface area contributed by atoms with Gasteiger partial charge in [0, 0.05) is 29.9 Å². The number of rotatable bonds is 6. The van der Waals surface area contributed by atoms with Crippen molar-refractivity contribution in [2.75, 3.05) is 0 Å². The zero-order chi connectivity index (χ0) is 19.2. The van der Waals surface area contributed by atoms with Crippen LogP contribution in [0.3, 0.4) is 0 Å². The van der Waals surface area contributed by atoms with Crippen LogP contribution in [0, 0.1) is 11.6 Å². The molecule has 0 spiro atoms. The summed E-state index contributed by atoms with van der Waals surface area (Å²) in [5.74, 6) is -1.89. The number of pyridine rings is 1. The first-order valence-corrected chi connectivity index (χ1v) is 8.13. The lowest BCUT2D eigenvalue weighted by Crippen LogP contribution is -2.24. The van der Waals surface area contributed by atoms with Gasteiger partial charge in [0.1, 0.15) is 11.6 Å². The van der Waals surface area contributed by atoms with Gasteiger partial charge >= 0.3 is 0 Å². The minimum Gasteiger partial charge on any atom is -0.508 e. The molecule has 0 bridgehead atoms. The molecule has 3 aromatic rings. The van der Waals surface area contributed by atoms with E-state index in [0.717, 1.165) is 6.07 Å². The lowest BCUT2D eigenvalue weighted by Gasteiger charge is -2.11. The van der Waals surface area contributed by atoms with Crippen molar-refractivity contribution in [3.63, 3.8) is 0 Å². The van der Waals surface area contributed by atoms with Gasteiger partial charge in [0.25, 0.3) is 0 Å². The standard InChI is InChI=1S/C20H16F2N2O3/c21-15-7-8-18(16(22)11-15)27-20-14(5-3-9-23-20)12-24-19(26)10-13-4-1-2-6-17(13)25/h1-9,11,25H,10,12H2,(H,24,26). The Bertz CT molecular complexity index is 963. The lowest BCUT2D eigenvalue weighted by molar-refractivity contribution is -0.120. The van der Waals surface area contributed by atoms with Crippen molar-refractivity contribution >= 4 is 5.91 Å². The highest BCUT2D eigenvalue weighted by atomic mass is 19.1. The number of para-hydroxylation sites is 1. The molecule has 0 fully saturated rings. The fourth-order valence-corrected chi connectivity index (χ4v) is 2.40. The van der Waals surface area contributed by atoms with Gasteiger partial charge in [0.2, 0.25) is 11.8 Å². The number of amides is 1. The van der Waals surface area contributed by atoms with Crippen molar-refractivity contribution < 1.29 is 23.4 Å². The van der Waals surface area contributed by atoms with E-state index in [-0.39, 0.29) is 36.3 Å². The Morgan fingerprint density at radius 3 is 2.63 bits per heavy atom. The molecule has 0 aliphatic carbocycles. The number of aromatic hydroxyl groups is 1. The molecule has 2 N–H and O–H groups in total. The predicted octanol–water partition coefficient (Wildman–Crippen LogP) is 3.72. The van der Waals surface area contributed by atoms with Crippen molar-refractivity contribution in [3.05, 3.63) is 83.6 Å². The van der Waals surface area contributed by atoms with E-state index in [0.29, 0.717) is 17.2 Å². The molecular weight excluding hydrogens is 354 g/mol. The van der Waals surface area contributed by atoms with E-state index in [1.165, 1.54) is 18.3 Å². The topological polar surface area (TPSA) is 71.5 Å². The Hall–Kier alpha value is -3.48. The normalized spacial score (nSPS) is 10.4. The molecule has 0 saturated carbocycles. The maximum absolute atomic E-state index is 13.8. The number of phenolic OH excluding ortho intramolecular Hbond substituents is 1. The Morgan fingerprint density at radius 1 is 1.07 bits per heavy atom. The van der Waals surface area contributed by atoms with Gasteiger partial charge in [-0.05, 0) is 24.3 Å². The average Bonchev–Trinajstić information content (AvgIpc) is 2.65. The molecular formula is C20H16F2N2O3. The zero-order valence-electron chi connectivity index (χ0n) is 14.2. The largest absolute Gasteiger partial charge is 0.508 e. The van der Waals surface area contributed by atoms with E-state index in [2.05, 4.69) is 10.3 Å². The van der Waals surface area contributed by atoms with Crippen LogP contribution in [0.2, 0.25) is 0 Å². The first-order chi connectivity index (χ1) is 13.0. The molecule has 0 atom stereocenters. The molecule has 7 heteroatoms. The fourth-order valence-electron chi connectivity index (χ4n) is 2.40. The molecule has 3 rings (SSSR count). The van der Waals surface area contributed by atoms with Crippen LogP contribution in [0.15, 0.2) is 60.8 Å². The molecule has 2 aromatic carbocycles. The molecule has 1 heterocycles. The predicted molar refractivity (Wildman–Crippen MR) is 94.3 cm³/mol. The molecule has 138 valence electrons.